The molecule has 0 saturated heterocycles. The van der Waals surface area contributed by atoms with E-state index in [1.807, 2.05) is 0 Å². The Morgan fingerprint density at radius 1 is 0.467 bits per heavy atom. The van der Waals surface area contributed by atoms with E-state index in [-0.39, 0.29) is 31.6 Å². The van der Waals surface area contributed by atoms with Crippen LogP contribution in [0, 0.1) is 0 Å². The summed E-state index contributed by atoms with van der Waals surface area (Å²) < 4.78 is 23.9. The minimum absolute atomic E-state index is 0.0666. The Labute approximate surface area is 193 Å². The molecule has 0 unspecified atom stereocenters. The summed E-state index contributed by atoms with van der Waals surface area (Å²) in [6.07, 6.45) is 12.3. The molecule has 0 aromatic heterocycles. The summed E-state index contributed by atoms with van der Waals surface area (Å²) in [7, 11) is -0.133. The number of rotatable bonds is 25. The van der Waals surface area contributed by atoms with Gasteiger partial charge in [0.05, 0.1) is 0 Å². The molecule has 182 valence electrons. The minimum atomic E-state index is -0.0666. The van der Waals surface area contributed by atoms with Gasteiger partial charge in [-0.2, -0.15) is 0 Å². The Morgan fingerprint density at radius 3 is 1.03 bits per heavy atom. The number of unbranched alkanes of at least 4 members (excludes halogenated alkanes) is 5. The fraction of sp³-hybridized carbons (Fsp3) is 1.00. The van der Waals surface area contributed by atoms with E-state index < -0.39 is 0 Å². The van der Waals surface area contributed by atoms with Crippen LogP contribution in [0.3, 0.4) is 0 Å². The molecule has 0 rings (SSSR count). The van der Waals surface area contributed by atoms with E-state index in [1.54, 1.807) is 0 Å². The van der Waals surface area contributed by atoms with Crippen molar-refractivity contribution in [2.45, 2.75) is 129 Å². The van der Waals surface area contributed by atoms with Crippen molar-refractivity contribution < 1.29 is 18.9 Å². The molecule has 0 aliphatic rings. The van der Waals surface area contributed by atoms with Crippen LogP contribution < -0.4 is 0 Å². The first-order valence-corrected chi connectivity index (χ1v) is 17.2. The maximum Gasteiger partial charge on any atom is 0.154 e. The summed E-state index contributed by atoms with van der Waals surface area (Å²) in [5, 5.41) is 0. The van der Waals surface area contributed by atoms with Crippen LogP contribution in [-0.2, 0) is 18.9 Å². The molecule has 0 aliphatic carbocycles. The topological polar surface area (TPSA) is 36.9 Å². The Bertz CT molecular complexity index is 272. The van der Waals surface area contributed by atoms with E-state index in [2.05, 4.69) is 27.7 Å². The van der Waals surface area contributed by atoms with Crippen molar-refractivity contribution in [2.75, 3.05) is 26.4 Å². The lowest BCUT2D eigenvalue weighted by molar-refractivity contribution is -0.131. The second-order valence-corrected chi connectivity index (χ2v) is 12.4. The SMILES string of the molecule is CCCCOC(C[SiH2]CCCC[SiH2]CC(OCCCC)OCCCC)OCCCC. The minimum Gasteiger partial charge on any atom is -0.353 e. The van der Waals surface area contributed by atoms with Crippen LogP contribution in [0.25, 0.3) is 0 Å². The van der Waals surface area contributed by atoms with Crippen molar-refractivity contribution in [1.29, 1.82) is 0 Å². The summed E-state index contributed by atoms with van der Waals surface area (Å²) in [5.74, 6) is 0. The van der Waals surface area contributed by atoms with Gasteiger partial charge in [0.1, 0.15) is 0 Å². The molecule has 0 aromatic rings. The van der Waals surface area contributed by atoms with Gasteiger partial charge in [-0.15, -0.1) is 0 Å². The Balaban J connectivity index is 3.79. The van der Waals surface area contributed by atoms with Gasteiger partial charge < -0.3 is 18.9 Å². The third kappa shape index (κ3) is 21.5. The molecule has 0 fully saturated rings. The van der Waals surface area contributed by atoms with Gasteiger partial charge in [-0.05, 0) is 37.8 Å². The molecule has 0 radical (unpaired) electrons. The average Bonchev–Trinajstić information content (AvgIpc) is 2.75. The van der Waals surface area contributed by atoms with E-state index in [0.29, 0.717) is 0 Å². The lowest BCUT2D eigenvalue weighted by Crippen LogP contribution is -2.20. The van der Waals surface area contributed by atoms with Gasteiger partial charge in [-0.1, -0.05) is 78.3 Å². The molecule has 0 saturated carbocycles. The van der Waals surface area contributed by atoms with Crippen LogP contribution in [0.1, 0.15) is 91.9 Å². The Kier molecular flexibility index (Phi) is 25.8. The van der Waals surface area contributed by atoms with E-state index in [4.69, 9.17) is 18.9 Å². The molecule has 0 aliphatic heterocycles. The first-order chi connectivity index (χ1) is 14.8. The molecular formula is C24H54O4Si2. The summed E-state index contributed by atoms with van der Waals surface area (Å²) in [4.78, 5) is 0. The summed E-state index contributed by atoms with van der Waals surface area (Å²) in [6, 6.07) is 5.23. The molecule has 0 heterocycles. The van der Waals surface area contributed by atoms with E-state index in [1.165, 1.54) is 62.7 Å². The van der Waals surface area contributed by atoms with Gasteiger partial charge in [0.25, 0.3) is 0 Å². The molecule has 4 nitrogen and oxygen atoms in total. The lowest BCUT2D eigenvalue weighted by atomic mass is 10.3. The zero-order valence-corrected chi connectivity index (χ0v) is 23.8. The molecule has 0 spiro atoms. The van der Waals surface area contributed by atoms with Crippen molar-refractivity contribution >= 4 is 19.0 Å². The summed E-state index contributed by atoms with van der Waals surface area (Å²) >= 11 is 0. The predicted octanol–water partition coefficient (Wildman–Crippen LogP) is 5.70. The monoisotopic (exact) mass is 462 g/mol. The van der Waals surface area contributed by atoms with Gasteiger partial charge in [0.15, 0.2) is 12.6 Å². The molecule has 0 N–H and O–H groups in total. The van der Waals surface area contributed by atoms with Crippen LogP contribution in [0.4, 0.5) is 0 Å². The average molecular weight is 463 g/mol. The number of ether oxygens (including phenoxy) is 4. The molecule has 0 bridgehead atoms. The maximum atomic E-state index is 5.97. The van der Waals surface area contributed by atoms with Gasteiger partial charge >= 0.3 is 0 Å². The Morgan fingerprint density at radius 2 is 0.767 bits per heavy atom. The second-order valence-electron chi connectivity index (χ2n) is 8.46. The summed E-state index contributed by atoms with van der Waals surface area (Å²) in [5.41, 5.74) is 0. The third-order valence-corrected chi connectivity index (χ3v) is 9.10. The molecule has 30 heavy (non-hydrogen) atoms. The normalized spacial score (nSPS) is 12.6. The zero-order valence-electron chi connectivity index (χ0n) is 20.9. The summed E-state index contributed by atoms with van der Waals surface area (Å²) in [6.45, 7) is 12.3. The van der Waals surface area contributed by atoms with Gasteiger partial charge in [-0.25, -0.2) is 0 Å². The number of hydrogen-bond donors (Lipinski definition) is 0. The first kappa shape index (κ1) is 30.3. The fourth-order valence-electron chi connectivity index (χ4n) is 3.20. The van der Waals surface area contributed by atoms with Crippen molar-refractivity contribution in [3.8, 4) is 0 Å². The smallest absolute Gasteiger partial charge is 0.154 e. The molecule has 0 amide bonds. The third-order valence-electron chi connectivity index (χ3n) is 5.34. The van der Waals surface area contributed by atoms with E-state index in [0.717, 1.165) is 52.1 Å². The largest absolute Gasteiger partial charge is 0.353 e. The fourth-order valence-corrected chi connectivity index (χ4v) is 6.52. The highest BCUT2D eigenvalue weighted by molar-refractivity contribution is 6.36. The van der Waals surface area contributed by atoms with E-state index >= 15 is 0 Å². The van der Waals surface area contributed by atoms with Crippen LogP contribution >= 0.6 is 0 Å². The highest BCUT2D eigenvalue weighted by Crippen LogP contribution is 2.11. The molecule has 6 heteroatoms. The zero-order chi connectivity index (χ0) is 22.1. The molecule has 0 atom stereocenters. The second kappa shape index (κ2) is 25.5. The van der Waals surface area contributed by atoms with Crippen LogP contribution in [0.5, 0.6) is 0 Å². The number of hydrogen-bond acceptors (Lipinski definition) is 4. The predicted molar refractivity (Wildman–Crippen MR) is 137 cm³/mol. The van der Waals surface area contributed by atoms with Crippen LogP contribution in [0.15, 0.2) is 0 Å². The van der Waals surface area contributed by atoms with Crippen molar-refractivity contribution in [1.82, 2.24) is 0 Å². The van der Waals surface area contributed by atoms with Gasteiger partial charge in [0.2, 0.25) is 0 Å². The highest BCUT2D eigenvalue weighted by Gasteiger charge is 2.10. The maximum absolute atomic E-state index is 5.97. The van der Waals surface area contributed by atoms with Gasteiger partial charge in [0, 0.05) is 45.5 Å². The van der Waals surface area contributed by atoms with E-state index in [9.17, 15) is 0 Å². The van der Waals surface area contributed by atoms with Crippen molar-refractivity contribution in [3.63, 3.8) is 0 Å². The standard InChI is InChI=1S/C24H54O4Si2/c1-5-9-15-25-23(26-16-10-6-2)21-29-19-13-14-20-30-22-24(27-17-11-7-3)28-18-12-8-4/h23-24H,5-22,29-30H2,1-4H3. The van der Waals surface area contributed by atoms with Crippen LogP contribution in [0.2, 0.25) is 24.2 Å². The molecular weight excluding hydrogens is 408 g/mol. The lowest BCUT2D eigenvalue weighted by Gasteiger charge is -2.19. The quantitative estimate of drug-likeness (QED) is 0.0991. The van der Waals surface area contributed by atoms with Crippen molar-refractivity contribution in [3.05, 3.63) is 0 Å². The first-order valence-electron chi connectivity index (χ1n) is 13.2. The Hall–Kier alpha value is 0.274. The van der Waals surface area contributed by atoms with Crippen molar-refractivity contribution in [2.24, 2.45) is 0 Å². The highest BCUT2D eigenvalue weighted by atomic mass is 28.2. The van der Waals surface area contributed by atoms with Crippen LogP contribution in [-0.4, -0.2) is 58.0 Å². The van der Waals surface area contributed by atoms with Gasteiger partial charge in [-0.3, -0.25) is 0 Å². The molecule has 0 aromatic carbocycles.